The molecule has 4 heterocycles. The summed E-state index contributed by atoms with van der Waals surface area (Å²) in [6.45, 7) is 1.56. The van der Waals surface area contributed by atoms with E-state index in [4.69, 9.17) is 11.5 Å². The molecule has 170 valence electrons. The molecular weight excluding hydrogens is 410 g/mol. The fourth-order valence-corrected chi connectivity index (χ4v) is 4.58. The zero-order valence-corrected chi connectivity index (χ0v) is 17.1. The Kier molecular flexibility index (Phi) is 6.32. The Morgan fingerprint density at radius 2 is 2.00 bits per heavy atom. The average molecular weight is 438 g/mol. The maximum atomic E-state index is 14.8. The number of alkyl halides is 1. The lowest BCUT2D eigenvalue weighted by molar-refractivity contribution is -0.129. The number of hydrogen-bond donors (Lipinski definition) is 5. The zero-order valence-electron chi connectivity index (χ0n) is 17.1. The first-order valence-corrected chi connectivity index (χ1v) is 10.5. The van der Waals surface area contributed by atoms with Crippen molar-refractivity contribution in [2.75, 3.05) is 42.9 Å². The van der Waals surface area contributed by atoms with E-state index >= 15 is 0 Å². The fraction of sp³-hybridized carbons (Fsp3) is 0.632. The number of carbonyl (C=O) groups is 2. The molecule has 0 aromatic carbocycles. The minimum Gasteiger partial charge on any atom is -0.364 e. The van der Waals surface area contributed by atoms with E-state index in [1.807, 2.05) is 9.80 Å². The Morgan fingerprint density at radius 1 is 1.26 bits per heavy atom. The number of hydrogen-bond acceptors (Lipinski definition) is 8. The van der Waals surface area contributed by atoms with Gasteiger partial charge in [-0.25, -0.2) is 8.78 Å². The van der Waals surface area contributed by atoms with Crippen LogP contribution in [-0.2, 0) is 9.59 Å². The van der Waals surface area contributed by atoms with Crippen molar-refractivity contribution in [2.24, 2.45) is 17.4 Å². The van der Waals surface area contributed by atoms with Crippen LogP contribution < -0.4 is 32.3 Å². The number of aromatic nitrogens is 1. The van der Waals surface area contributed by atoms with Gasteiger partial charge in [0.05, 0.1) is 36.3 Å². The Labute approximate surface area is 178 Å². The number of nitrogens with zero attached hydrogens (tertiary/aromatic N) is 3. The first-order valence-electron chi connectivity index (χ1n) is 10.5. The van der Waals surface area contributed by atoms with E-state index in [1.54, 1.807) is 0 Å². The van der Waals surface area contributed by atoms with Gasteiger partial charge in [-0.05, 0) is 6.42 Å². The van der Waals surface area contributed by atoms with Gasteiger partial charge in [0.25, 0.3) is 0 Å². The number of nitrogens with two attached hydrogens (primary N) is 2. The highest BCUT2D eigenvalue weighted by atomic mass is 19.1. The van der Waals surface area contributed by atoms with Crippen LogP contribution in [0.25, 0.3) is 0 Å². The van der Waals surface area contributed by atoms with Crippen LogP contribution in [0.15, 0.2) is 12.4 Å². The Balaban J connectivity index is 1.52. The molecular formula is C19H28F2N8O2. The van der Waals surface area contributed by atoms with Crippen molar-refractivity contribution in [3.05, 3.63) is 18.2 Å². The van der Waals surface area contributed by atoms with E-state index in [0.29, 0.717) is 26.1 Å². The molecule has 2 amide bonds. The van der Waals surface area contributed by atoms with Gasteiger partial charge in [-0.2, -0.15) is 0 Å². The molecule has 0 spiro atoms. The van der Waals surface area contributed by atoms with Crippen LogP contribution in [0.1, 0.15) is 12.8 Å². The van der Waals surface area contributed by atoms with Crippen molar-refractivity contribution >= 4 is 23.2 Å². The second kappa shape index (κ2) is 8.99. The topological polar surface area (TPSA) is 142 Å². The fourth-order valence-electron chi connectivity index (χ4n) is 4.58. The third-order valence-electron chi connectivity index (χ3n) is 6.14. The third-order valence-corrected chi connectivity index (χ3v) is 6.14. The first-order chi connectivity index (χ1) is 14.8. The van der Waals surface area contributed by atoms with E-state index in [9.17, 15) is 18.4 Å². The molecule has 1 aromatic rings. The number of amides is 2. The molecule has 1 aromatic heterocycles. The van der Waals surface area contributed by atoms with Crippen LogP contribution in [0.4, 0.5) is 20.2 Å². The van der Waals surface area contributed by atoms with Gasteiger partial charge in [0, 0.05) is 45.2 Å². The van der Waals surface area contributed by atoms with Crippen molar-refractivity contribution in [2.45, 2.75) is 37.4 Å². The van der Waals surface area contributed by atoms with Crippen LogP contribution in [0.3, 0.4) is 0 Å². The standard InChI is InChI=1S/C19H28F2N8O2/c20-10-5-25-18(26-6-10)15(17(22)23)19(31)27-13-8-24-7-12(21)16(13)28-3-4-29-11(9-28)1-2-14(29)30/h7-8,10-11,15,17-18,25-26H,1-6,9,22-23H2,(H,27,31). The van der Waals surface area contributed by atoms with Crippen molar-refractivity contribution in [1.82, 2.24) is 20.5 Å². The molecule has 2 unspecified atom stereocenters. The van der Waals surface area contributed by atoms with Gasteiger partial charge in [0.1, 0.15) is 11.9 Å². The highest BCUT2D eigenvalue weighted by molar-refractivity contribution is 5.96. The lowest BCUT2D eigenvalue weighted by atomic mass is 9.99. The van der Waals surface area contributed by atoms with E-state index in [1.165, 1.54) is 6.20 Å². The molecule has 3 saturated heterocycles. The molecule has 0 bridgehead atoms. The van der Waals surface area contributed by atoms with Crippen LogP contribution in [0.2, 0.25) is 0 Å². The maximum Gasteiger partial charge on any atom is 0.233 e. The summed E-state index contributed by atoms with van der Waals surface area (Å²) in [5, 5.41) is 8.49. The van der Waals surface area contributed by atoms with Crippen molar-refractivity contribution in [3.63, 3.8) is 0 Å². The minimum absolute atomic E-state index is 0.0202. The number of piperazine rings is 1. The predicted molar refractivity (Wildman–Crippen MR) is 110 cm³/mol. The normalized spacial score (nSPS) is 27.4. The lowest BCUT2D eigenvalue weighted by Gasteiger charge is -2.39. The predicted octanol–water partition coefficient (Wildman–Crippen LogP) is -1.31. The van der Waals surface area contributed by atoms with Crippen LogP contribution in [0, 0.1) is 11.7 Å². The summed E-state index contributed by atoms with van der Waals surface area (Å²) >= 11 is 0. The quantitative estimate of drug-likeness (QED) is 0.357. The molecule has 7 N–H and O–H groups in total. The summed E-state index contributed by atoms with van der Waals surface area (Å²) in [4.78, 5) is 32.5. The average Bonchev–Trinajstić information content (AvgIpc) is 3.10. The molecule has 0 saturated carbocycles. The number of anilines is 2. The molecule has 12 heteroatoms. The Morgan fingerprint density at radius 3 is 2.71 bits per heavy atom. The van der Waals surface area contributed by atoms with Crippen molar-refractivity contribution < 1.29 is 18.4 Å². The second-order valence-corrected chi connectivity index (χ2v) is 8.23. The molecule has 0 radical (unpaired) electrons. The van der Waals surface area contributed by atoms with Gasteiger partial charge in [-0.3, -0.25) is 25.2 Å². The summed E-state index contributed by atoms with van der Waals surface area (Å²) in [7, 11) is 0. The van der Waals surface area contributed by atoms with E-state index in [0.717, 1.165) is 12.6 Å². The first kappa shape index (κ1) is 21.8. The van der Waals surface area contributed by atoms with Gasteiger partial charge < -0.3 is 26.6 Å². The van der Waals surface area contributed by atoms with Crippen LogP contribution in [0.5, 0.6) is 0 Å². The van der Waals surface area contributed by atoms with Gasteiger partial charge in [-0.15, -0.1) is 0 Å². The SMILES string of the molecule is NC(N)C(C(=O)Nc1cncc(F)c1N1CCN2C(=O)CCC2C1)C1NCC(F)CN1. The molecule has 31 heavy (non-hydrogen) atoms. The monoisotopic (exact) mass is 438 g/mol. The molecule has 3 aliphatic heterocycles. The highest BCUT2D eigenvalue weighted by Crippen LogP contribution is 2.33. The van der Waals surface area contributed by atoms with E-state index < -0.39 is 36.1 Å². The van der Waals surface area contributed by atoms with E-state index in [-0.39, 0.29) is 36.4 Å². The summed E-state index contributed by atoms with van der Waals surface area (Å²) in [5.74, 6) is -1.90. The Bertz CT molecular complexity index is 833. The minimum atomic E-state index is -1.07. The van der Waals surface area contributed by atoms with Crippen molar-refractivity contribution in [1.29, 1.82) is 0 Å². The third kappa shape index (κ3) is 4.47. The lowest BCUT2D eigenvalue weighted by Crippen LogP contribution is -2.64. The molecule has 2 atom stereocenters. The maximum absolute atomic E-state index is 14.8. The van der Waals surface area contributed by atoms with Crippen LogP contribution >= 0.6 is 0 Å². The van der Waals surface area contributed by atoms with Gasteiger partial charge in [-0.1, -0.05) is 0 Å². The van der Waals surface area contributed by atoms with Gasteiger partial charge in [0.15, 0.2) is 5.82 Å². The molecule has 0 aliphatic carbocycles. The summed E-state index contributed by atoms with van der Waals surface area (Å²) in [5.41, 5.74) is 12.1. The smallest absolute Gasteiger partial charge is 0.233 e. The largest absolute Gasteiger partial charge is 0.364 e. The summed E-state index contributed by atoms with van der Waals surface area (Å²) in [6, 6.07) is 0.0202. The zero-order chi connectivity index (χ0) is 22.1. The molecule has 3 aliphatic rings. The second-order valence-electron chi connectivity index (χ2n) is 8.23. The van der Waals surface area contributed by atoms with Crippen LogP contribution in [-0.4, -0.2) is 79.0 Å². The number of rotatable bonds is 5. The number of pyridine rings is 1. The number of carbonyl (C=O) groups excluding carboxylic acids is 2. The number of nitrogens with one attached hydrogen (secondary N) is 3. The Hall–Kier alpha value is -2.41. The molecule has 3 fully saturated rings. The summed E-state index contributed by atoms with van der Waals surface area (Å²) < 4.78 is 28.2. The van der Waals surface area contributed by atoms with Crippen molar-refractivity contribution in [3.8, 4) is 0 Å². The van der Waals surface area contributed by atoms with Gasteiger partial charge in [0.2, 0.25) is 11.8 Å². The molecule has 10 nitrogen and oxygen atoms in total. The number of halogens is 2. The molecule has 4 rings (SSSR count). The van der Waals surface area contributed by atoms with E-state index in [2.05, 4.69) is 20.9 Å². The van der Waals surface area contributed by atoms with Gasteiger partial charge >= 0.3 is 0 Å². The summed E-state index contributed by atoms with van der Waals surface area (Å²) in [6.07, 6.45) is 0.967. The number of fused-ring (bicyclic) bond motifs is 1. The highest BCUT2D eigenvalue weighted by Gasteiger charge is 2.38.